The van der Waals surface area contributed by atoms with Crippen LogP contribution in [0, 0.1) is 5.82 Å². The number of halogens is 1. The fourth-order valence-electron chi connectivity index (χ4n) is 2.04. The van der Waals surface area contributed by atoms with E-state index in [4.69, 9.17) is 5.73 Å². The van der Waals surface area contributed by atoms with E-state index in [0.29, 0.717) is 12.1 Å². The molecule has 0 saturated heterocycles. The van der Waals surface area contributed by atoms with Crippen LogP contribution in [0.1, 0.15) is 17.2 Å². The van der Waals surface area contributed by atoms with Gasteiger partial charge in [-0.25, -0.2) is 4.39 Å². The van der Waals surface area contributed by atoms with E-state index < -0.39 is 0 Å². The third-order valence-corrected chi connectivity index (χ3v) is 3.03. The Morgan fingerprint density at radius 1 is 1.15 bits per heavy atom. The molecular weight excluding hydrogens is 255 g/mol. The predicted molar refractivity (Wildman–Crippen MR) is 76.5 cm³/mol. The van der Waals surface area contributed by atoms with Crippen LogP contribution in [-0.2, 0) is 11.2 Å². The van der Waals surface area contributed by atoms with Gasteiger partial charge in [0, 0.05) is 6.54 Å². The molecule has 3 N–H and O–H groups in total. The number of hydrogen-bond acceptors (Lipinski definition) is 2. The summed E-state index contributed by atoms with van der Waals surface area (Å²) in [5.74, 6) is -0.511. The zero-order chi connectivity index (χ0) is 14.4. The quantitative estimate of drug-likeness (QED) is 0.876. The van der Waals surface area contributed by atoms with Gasteiger partial charge in [-0.2, -0.15) is 0 Å². The van der Waals surface area contributed by atoms with Gasteiger partial charge in [0.2, 0.25) is 5.91 Å². The molecule has 104 valence electrons. The van der Waals surface area contributed by atoms with Gasteiger partial charge in [-0.3, -0.25) is 4.79 Å². The lowest BCUT2D eigenvalue weighted by molar-refractivity contribution is -0.121. The van der Waals surface area contributed by atoms with Crippen LogP contribution in [0.2, 0.25) is 0 Å². The monoisotopic (exact) mass is 272 g/mol. The molecule has 2 aromatic carbocycles. The van der Waals surface area contributed by atoms with E-state index in [9.17, 15) is 9.18 Å². The van der Waals surface area contributed by atoms with Gasteiger partial charge in [-0.05, 0) is 23.3 Å². The zero-order valence-corrected chi connectivity index (χ0v) is 11.1. The summed E-state index contributed by atoms with van der Waals surface area (Å²) in [5.41, 5.74) is 7.30. The van der Waals surface area contributed by atoms with Crippen LogP contribution in [0.4, 0.5) is 4.39 Å². The summed E-state index contributed by atoms with van der Waals surface area (Å²) in [6.45, 7) is 0.318. The second-order valence-corrected chi connectivity index (χ2v) is 4.57. The van der Waals surface area contributed by atoms with Gasteiger partial charge >= 0.3 is 0 Å². The number of carbonyl (C=O) groups excluding carboxylic acids is 1. The Balaban J connectivity index is 2.00. The summed E-state index contributed by atoms with van der Waals surface area (Å²) in [6.07, 6.45) is 0.140. The molecule has 0 radical (unpaired) electrons. The minimum absolute atomic E-state index is 0.140. The van der Waals surface area contributed by atoms with Crippen molar-refractivity contribution < 1.29 is 9.18 Å². The van der Waals surface area contributed by atoms with E-state index >= 15 is 0 Å². The number of hydrogen-bond donors (Lipinski definition) is 2. The maximum atomic E-state index is 13.1. The van der Waals surface area contributed by atoms with Crippen LogP contribution < -0.4 is 11.1 Å². The molecule has 0 aromatic heterocycles. The Labute approximate surface area is 117 Å². The highest BCUT2D eigenvalue weighted by molar-refractivity contribution is 5.79. The molecule has 0 bridgehead atoms. The molecule has 4 heteroatoms. The van der Waals surface area contributed by atoms with E-state index in [2.05, 4.69) is 5.32 Å². The Kier molecular flexibility index (Phi) is 4.85. The molecular formula is C16H17FN2O. The highest BCUT2D eigenvalue weighted by Gasteiger charge is 2.13. The molecule has 0 spiro atoms. The number of nitrogens with one attached hydrogen (secondary N) is 1. The van der Waals surface area contributed by atoms with Crippen LogP contribution in [-0.4, -0.2) is 12.5 Å². The second kappa shape index (κ2) is 6.82. The van der Waals surface area contributed by atoms with Crippen LogP contribution in [0.5, 0.6) is 0 Å². The van der Waals surface area contributed by atoms with E-state index in [1.54, 1.807) is 12.1 Å². The Hall–Kier alpha value is -2.20. The van der Waals surface area contributed by atoms with Crippen LogP contribution >= 0.6 is 0 Å². The summed E-state index contributed by atoms with van der Waals surface area (Å²) < 4.78 is 13.1. The van der Waals surface area contributed by atoms with Crippen molar-refractivity contribution in [2.24, 2.45) is 5.73 Å². The lowest BCUT2D eigenvalue weighted by Crippen LogP contribution is -2.34. The highest BCUT2D eigenvalue weighted by atomic mass is 19.1. The molecule has 0 aliphatic carbocycles. The predicted octanol–water partition coefficient (Wildman–Crippen LogP) is 2.18. The summed E-state index contributed by atoms with van der Waals surface area (Å²) in [5, 5.41) is 2.86. The van der Waals surface area contributed by atoms with Crippen molar-refractivity contribution >= 4 is 5.91 Å². The SMILES string of the molecule is NCC(NC(=O)Cc1cccc(F)c1)c1ccccc1. The lowest BCUT2D eigenvalue weighted by Gasteiger charge is -2.17. The van der Waals surface area contributed by atoms with Crippen molar-refractivity contribution in [1.29, 1.82) is 0 Å². The molecule has 2 aromatic rings. The maximum Gasteiger partial charge on any atom is 0.224 e. The van der Waals surface area contributed by atoms with Gasteiger partial charge in [0.15, 0.2) is 0 Å². The first-order valence-electron chi connectivity index (χ1n) is 6.48. The van der Waals surface area contributed by atoms with Crippen LogP contribution in [0.15, 0.2) is 54.6 Å². The van der Waals surface area contributed by atoms with Gasteiger partial charge in [-0.15, -0.1) is 0 Å². The lowest BCUT2D eigenvalue weighted by atomic mass is 10.1. The average Bonchev–Trinajstić information content (AvgIpc) is 2.45. The van der Waals surface area contributed by atoms with E-state index in [1.165, 1.54) is 12.1 Å². The minimum Gasteiger partial charge on any atom is -0.348 e. The number of benzene rings is 2. The molecule has 20 heavy (non-hydrogen) atoms. The van der Waals surface area contributed by atoms with Crippen molar-refractivity contribution in [3.63, 3.8) is 0 Å². The van der Waals surface area contributed by atoms with Gasteiger partial charge in [0.1, 0.15) is 5.82 Å². The first kappa shape index (κ1) is 14.2. The number of rotatable bonds is 5. The number of nitrogens with two attached hydrogens (primary N) is 1. The molecule has 1 unspecified atom stereocenters. The summed E-state index contributed by atoms with van der Waals surface area (Å²) in [7, 11) is 0. The zero-order valence-electron chi connectivity index (χ0n) is 11.1. The third kappa shape index (κ3) is 3.90. The average molecular weight is 272 g/mol. The van der Waals surface area contributed by atoms with Gasteiger partial charge in [0.25, 0.3) is 0 Å². The third-order valence-electron chi connectivity index (χ3n) is 3.03. The van der Waals surface area contributed by atoms with Crippen LogP contribution in [0.3, 0.4) is 0 Å². The fourth-order valence-corrected chi connectivity index (χ4v) is 2.04. The smallest absolute Gasteiger partial charge is 0.224 e. The summed E-state index contributed by atoms with van der Waals surface area (Å²) in [6, 6.07) is 15.3. The summed E-state index contributed by atoms with van der Waals surface area (Å²) in [4.78, 5) is 12.0. The van der Waals surface area contributed by atoms with Gasteiger partial charge < -0.3 is 11.1 Å². The van der Waals surface area contributed by atoms with E-state index in [0.717, 1.165) is 5.56 Å². The largest absolute Gasteiger partial charge is 0.348 e. The number of carbonyl (C=O) groups is 1. The molecule has 2 rings (SSSR count). The molecule has 0 saturated carbocycles. The van der Waals surface area contributed by atoms with E-state index in [1.807, 2.05) is 30.3 Å². The van der Waals surface area contributed by atoms with E-state index in [-0.39, 0.29) is 24.2 Å². The first-order valence-corrected chi connectivity index (χ1v) is 6.48. The molecule has 0 heterocycles. The van der Waals surface area contributed by atoms with Crippen molar-refractivity contribution in [3.8, 4) is 0 Å². The standard InChI is InChI=1S/C16H17FN2O/c17-14-8-4-5-12(9-14)10-16(20)19-15(11-18)13-6-2-1-3-7-13/h1-9,15H,10-11,18H2,(H,19,20). The molecule has 3 nitrogen and oxygen atoms in total. The van der Waals surface area contributed by atoms with Gasteiger partial charge in [0.05, 0.1) is 12.5 Å². The summed E-state index contributed by atoms with van der Waals surface area (Å²) >= 11 is 0. The topological polar surface area (TPSA) is 55.1 Å². The number of amides is 1. The highest BCUT2D eigenvalue weighted by Crippen LogP contribution is 2.11. The Bertz CT molecular complexity index is 572. The molecule has 1 atom stereocenters. The van der Waals surface area contributed by atoms with Crippen molar-refractivity contribution in [2.45, 2.75) is 12.5 Å². The normalized spacial score (nSPS) is 11.9. The Morgan fingerprint density at radius 2 is 1.90 bits per heavy atom. The van der Waals surface area contributed by atoms with Crippen molar-refractivity contribution in [3.05, 3.63) is 71.5 Å². The van der Waals surface area contributed by atoms with Crippen LogP contribution in [0.25, 0.3) is 0 Å². The minimum atomic E-state index is -0.339. The van der Waals surface area contributed by atoms with Gasteiger partial charge in [-0.1, -0.05) is 42.5 Å². The second-order valence-electron chi connectivity index (χ2n) is 4.57. The Morgan fingerprint density at radius 3 is 2.55 bits per heavy atom. The van der Waals surface area contributed by atoms with Crippen molar-refractivity contribution in [1.82, 2.24) is 5.32 Å². The van der Waals surface area contributed by atoms with Crippen molar-refractivity contribution in [2.75, 3.05) is 6.54 Å². The fraction of sp³-hybridized carbons (Fsp3) is 0.188. The maximum absolute atomic E-state index is 13.1. The molecule has 0 fully saturated rings. The molecule has 0 aliphatic rings. The molecule has 0 aliphatic heterocycles. The first-order chi connectivity index (χ1) is 9.69. The molecule has 1 amide bonds.